The van der Waals surface area contributed by atoms with Gasteiger partial charge in [0.1, 0.15) is 10.8 Å². The molecule has 0 aliphatic carbocycles. The van der Waals surface area contributed by atoms with Crippen molar-refractivity contribution < 1.29 is 4.39 Å². The van der Waals surface area contributed by atoms with Gasteiger partial charge in [-0.3, -0.25) is 0 Å². The Morgan fingerprint density at radius 2 is 1.89 bits per heavy atom. The summed E-state index contributed by atoms with van der Waals surface area (Å²) in [5.74, 6) is -0.334. The number of hydrogen-bond acceptors (Lipinski definition) is 2. The van der Waals surface area contributed by atoms with Gasteiger partial charge in [0.25, 0.3) is 0 Å². The molecule has 0 radical (unpaired) electrons. The van der Waals surface area contributed by atoms with Crippen molar-refractivity contribution in [2.24, 2.45) is 5.73 Å². The van der Waals surface area contributed by atoms with E-state index in [1.807, 2.05) is 0 Å². The maximum Gasteiger partial charge on any atom is 0.147 e. The van der Waals surface area contributed by atoms with Crippen LogP contribution in [0.25, 0.3) is 0 Å². The Bertz CT molecular complexity index is 626. The average Bonchev–Trinajstić information content (AvgIpc) is 2.35. The van der Waals surface area contributed by atoms with E-state index in [0.29, 0.717) is 15.1 Å². The molecule has 0 spiro atoms. The van der Waals surface area contributed by atoms with E-state index < -0.39 is 0 Å². The van der Waals surface area contributed by atoms with Crippen molar-refractivity contribution in [3.63, 3.8) is 0 Å². The fourth-order valence-electron chi connectivity index (χ4n) is 1.52. The molecule has 0 aliphatic heterocycles. The van der Waals surface area contributed by atoms with Gasteiger partial charge in [0.05, 0.1) is 11.4 Å². The zero-order valence-electron chi connectivity index (χ0n) is 9.58. The van der Waals surface area contributed by atoms with Crippen LogP contribution in [0.2, 0.25) is 0 Å². The molecule has 2 nitrogen and oxygen atoms in total. The molecule has 0 aliphatic rings. The van der Waals surface area contributed by atoms with E-state index in [-0.39, 0.29) is 5.82 Å². The van der Waals surface area contributed by atoms with E-state index in [4.69, 9.17) is 18.0 Å². The molecule has 19 heavy (non-hydrogen) atoms. The lowest BCUT2D eigenvalue weighted by molar-refractivity contribution is 0.631. The largest absolute Gasteiger partial charge is 0.389 e. The minimum absolute atomic E-state index is 0.319. The lowest BCUT2D eigenvalue weighted by Crippen LogP contribution is -2.09. The van der Waals surface area contributed by atoms with Crippen molar-refractivity contribution in [2.45, 2.75) is 0 Å². The number of nitrogens with one attached hydrogen (secondary N) is 1. The molecular formula is C13H9Br2FN2S. The Hall–Kier alpha value is -0.980. The lowest BCUT2D eigenvalue weighted by atomic mass is 10.2. The van der Waals surface area contributed by atoms with E-state index in [1.54, 1.807) is 30.3 Å². The van der Waals surface area contributed by atoms with Crippen molar-refractivity contribution in [2.75, 3.05) is 5.32 Å². The highest BCUT2D eigenvalue weighted by Crippen LogP contribution is 2.32. The third-order valence-electron chi connectivity index (χ3n) is 2.48. The molecule has 2 aromatic rings. The van der Waals surface area contributed by atoms with Crippen LogP contribution in [0.5, 0.6) is 0 Å². The van der Waals surface area contributed by atoms with Gasteiger partial charge in [-0.1, -0.05) is 18.3 Å². The Morgan fingerprint density at radius 1 is 1.16 bits per heavy atom. The van der Waals surface area contributed by atoms with Gasteiger partial charge < -0.3 is 11.1 Å². The normalized spacial score (nSPS) is 10.3. The van der Waals surface area contributed by atoms with Crippen molar-refractivity contribution in [3.05, 3.63) is 56.7 Å². The number of nitrogens with two attached hydrogens (primary N) is 1. The van der Waals surface area contributed by atoms with Gasteiger partial charge in [-0.15, -0.1) is 0 Å². The number of hydrogen-bond donors (Lipinski definition) is 2. The maximum absolute atomic E-state index is 13.7. The number of para-hydroxylation sites is 1. The molecule has 0 bridgehead atoms. The molecule has 0 unspecified atom stereocenters. The molecule has 6 heteroatoms. The molecule has 0 atom stereocenters. The fourth-order valence-corrected chi connectivity index (χ4v) is 2.57. The molecule has 0 aromatic heterocycles. The van der Waals surface area contributed by atoms with Gasteiger partial charge in [-0.25, -0.2) is 4.39 Å². The smallest absolute Gasteiger partial charge is 0.147 e. The van der Waals surface area contributed by atoms with Gasteiger partial charge in [0.2, 0.25) is 0 Å². The number of benzene rings is 2. The van der Waals surface area contributed by atoms with Crippen LogP contribution in [-0.4, -0.2) is 4.99 Å². The zero-order chi connectivity index (χ0) is 14.0. The van der Waals surface area contributed by atoms with Crippen molar-refractivity contribution in [1.82, 2.24) is 0 Å². The second-order valence-corrected chi connectivity index (χ2v) is 5.93. The number of halogens is 3. The molecule has 0 saturated carbocycles. The Morgan fingerprint density at radius 3 is 2.47 bits per heavy atom. The van der Waals surface area contributed by atoms with Gasteiger partial charge in [0.15, 0.2) is 0 Å². The fraction of sp³-hybridized carbons (Fsp3) is 0. The van der Waals surface area contributed by atoms with Crippen LogP contribution >= 0.6 is 44.1 Å². The molecule has 3 N–H and O–H groups in total. The second-order valence-electron chi connectivity index (χ2n) is 3.78. The molecule has 2 rings (SSSR count). The van der Waals surface area contributed by atoms with E-state index in [2.05, 4.69) is 37.2 Å². The van der Waals surface area contributed by atoms with Crippen molar-refractivity contribution in [3.8, 4) is 0 Å². The summed E-state index contributed by atoms with van der Waals surface area (Å²) in [5.41, 5.74) is 7.41. The molecule has 0 saturated heterocycles. The van der Waals surface area contributed by atoms with E-state index in [0.717, 1.165) is 15.7 Å². The maximum atomic E-state index is 13.7. The minimum Gasteiger partial charge on any atom is -0.389 e. The van der Waals surface area contributed by atoms with Crippen molar-refractivity contribution >= 4 is 60.4 Å². The van der Waals surface area contributed by atoms with Crippen LogP contribution in [-0.2, 0) is 0 Å². The lowest BCUT2D eigenvalue weighted by Gasteiger charge is -2.12. The van der Waals surface area contributed by atoms with Gasteiger partial charge in [0, 0.05) is 14.5 Å². The first-order chi connectivity index (χ1) is 8.99. The van der Waals surface area contributed by atoms with Crippen LogP contribution < -0.4 is 11.1 Å². The molecule has 2 aromatic carbocycles. The second kappa shape index (κ2) is 5.98. The summed E-state index contributed by atoms with van der Waals surface area (Å²) in [6.45, 7) is 0. The Labute approximate surface area is 132 Å². The summed E-state index contributed by atoms with van der Waals surface area (Å²) >= 11 is 11.6. The highest BCUT2D eigenvalue weighted by molar-refractivity contribution is 9.11. The third-order valence-corrected chi connectivity index (χ3v) is 4.03. The summed E-state index contributed by atoms with van der Waals surface area (Å²) in [7, 11) is 0. The van der Waals surface area contributed by atoms with Gasteiger partial charge >= 0.3 is 0 Å². The summed E-state index contributed by atoms with van der Waals surface area (Å²) < 4.78 is 15.1. The molecule has 0 heterocycles. The van der Waals surface area contributed by atoms with Gasteiger partial charge in [-0.05, 0) is 62.2 Å². The quantitative estimate of drug-likeness (QED) is 0.727. The predicted molar refractivity (Wildman–Crippen MR) is 87.4 cm³/mol. The van der Waals surface area contributed by atoms with Crippen LogP contribution in [0.15, 0.2) is 45.3 Å². The molecular weight excluding hydrogens is 395 g/mol. The van der Waals surface area contributed by atoms with Crippen LogP contribution in [0, 0.1) is 5.82 Å². The van der Waals surface area contributed by atoms with E-state index in [9.17, 15) is 4.39 Å². The van der Waals surface area contributed by atoms with E-state index >= 15 is 0 Å². The Balaban J connectivity index is 2.36. The van der Waals surface area contributed by atoms with Crippen LogP contribution in [0.1, 0.15) is 5.56 Å². The zero-order valence-corrected chi connectivity index (χ0v) is 13.6. The SMILES string of the molecule is NC(=S)c1ccc(Nc2c(F)cccc2Br)c(Br)c1. The van der Waals surface area contributed by atoms with E-state index in [1.165, 1.54) is 6.07 Å². The first kappa shape index (κ1) is 14.4. The summed E-state index contributed by atoms with van der Waals surface area (Å²) in [6.07, 6.45) is 0. The average molecular weight is 404 g/mol. The van der Waals surface area contributed by atoms with Gasteiger partial charge in [-0.2, -0.15) is 0 Å². The standard InChI is InChI=1S/C13H9Br2FN2S/c14-8-2-1-3-10(16)12(8)18-11-5-4-7(13(17)19)6-9(11)15/h1-6,18H,(H2,17,19). The summed E-state index contributed by atoms with van der Waals surface area (Å²) in [4.78, 5) is 0.319. The highest BCUT2D eigenvalue weighted by Gasteiger charge is 2.09. The molecule has 0 amide bonds. The van der Waals surface area contributed by atoms with Crippen molar-refractivity contribution in [1.29, 1.82) is 0 Å². The topological polar surface area (TPSA) is 38.0 Å². The summed E-state index contributed by atoms with van der Waals surface area (Å²) in [5, 5.41) is 3.02. The number of anilines is 2. The first-order valence-electron chi connectivity index (χ1n) is 5.29. The van der Waals surface area contributed by atoms with Crippen LogP contribution in [0.3, 0.4) is 0 Å². The predicted octanol–water partition coefficient (Wildman–Crippen LogP) is 4.73. The highest BCUT2D eigenvalue weighted by atomic mass is 79.9. The molecule has 98 valence electrons. The monoisotopic (exact) mass is 402 g/mol. The van der Waals surface area contributed by atoms with Crippen LogP contribution in [0.4, 0.5) is 15.8 Å². The third kappa shape index (κ3) is 3.32. The Kier molecular flexibility index (Phi) is 4.54. The molecule has 0 fully saturated rings. The first-order valence-corrected chi connectivity index (χ1v) is 7.29. The summed E-state index contributed by atoms with van der Waals surface area (Å²) in [6, 6.07) is 10.2. The number of thiocarbonyl (C=S) groups is 1. The number of rotatable bonds is 3. The minimum atomic E-state index is -0.334.